The van der Waals surface area contributed by atoms with Gasteiger partial charge in [-0.2, -0.15) is 0 Å². The van der Waals surface area contributed by atoms with Crippen LogP contribution in [0.25, 0.3) is 0 Å². The van der Waals surface area contributed by atoms with Gasteiger partial charge >= 0.3 is 0 Å². The number of halogens is 2. The molecule has 0 aliphatic heterocycles. The van der Waals surface area contributed by atoms with Gasteiger partial charge < -0.3 is 11.1 Å². The average Bonchev–Trinajstić information content (AvgIpc) is 2.40. The number of amides is 1. The summed E-state index contributed by atoms with van der Waals surface area (Å²) < 4.78 is 13.1. The van der Waals surface area contributed by atoms with E-state index in [1.54, 1.807) is 6.07 Å². The number of carbonyl (C=O) groups is 1. The average molecular weight is 308 g/mol. The lowest BCUT2D eigenvalue weighted by atomic mass is 10.1. The molecule has 110 valence electrons. The Morgan fingerprint density at radius 2 is 2.24 bits per heavy atom. The molecule has 1 heterocycles. The fraction of sp³-hybridized carbons (Fsp3) is 0.200. The van der Waals surface area contributed by atoms with Crippen molar-refractivity contribution in [2.24, 2.45) is 5.73 Å². The predicted octanol–water partition coefficient (Wildman–Crippen LogP) is 3.02. The van der Waals surface area contributed by atoms with Crippen molar-refractivity contribution < 1.29 is 9.18 Å². The summed E-state index contributed by atoms with van der Waals surface area (Å²) in [4.78, 5) is 15.1. The Morgan fingerprint density at radius 1 is 1.48 bits per heavy atom. The Balaban J connectivity index is 2.06. The summed E-state index contributed by atoms with van der Waals surface area (Å²) in [6.07, 6.45) is 1.98. The van der Waals surface area contributed by atoms with Crippen molar-refractivity contribution >= 4 is 23.3 Å². The number of hydrogen-bond acceptors (Lipinski definition) is 3. The van der Waals surface area contributed by atoms with Crippen molar-refractivity contribution in [1.82, 2.24) is 4.98 Å². The van der Waals surface area contributed by atoms with Gasteiger partial charge in [-0.15, -0.1) is 0 Å². The minimum atomic E-state index is -0.580. The SMILES string of the molecule is CC(Cc1cccc(F)c1)Nc1ncc(C(N)=O)cc1Cl. The Morgan fingerprint density at radius 3 is 2.86 bits per heavy atom. The van der Waals surface area contributed by atoms with E-state index >= 15 is 0 Å². The van der Waals surface area contributed by atoms with E-state index < -0.39 is 5.91 Å². The molecule has 0 fully saturated rings. The van der Waals surface area contributed by atoms with Gasteiger partial charge in [0.05, 0.1) is 10.6 Å². The second-order valence-corrected chi connectivity index (χ2v) is 5.21. The fourth-order valence-corrected chi connectivity index (χ4v) is 2.20. The molecule has 1 amide bonds. The van der Waals surface area contributed by atoms with E-state index in [-0.39, 0.29) is 17.4 Å². The number of hydrogen-bond donors (Lipinski definition) is 2. The maximum atomic E-state index is 13.1. The van der Waals surface area contributed by atoms with Gasteiger partial charge in [-0.25, -0.2) is 9.37 Å². The van der Waals surface area contributed by atoms with E-state index in [1.165, 1.54) is 24.4 Å². The Kier molecular flexibility index (Phi) is 4.75. The number of benzene rings is 1. The van der Waals surface area contributed by atoms with Crippen LogP contribution in [0.2, 0.25) is 5.02 Å². The lowest BCUT2D eigenvalue weighted by Gasteiger charge is -2.16. The van der Waals surface area contributed by atoms with E-state index in [2.05, 4.69) is 10.3 Å². The zero-order valence-electron chi connectivity index (χ0n) is 11.4. The quantitative estimate of drug-likeness (QED) is 0.892. The van der Waals surface area contributed by atoms with Crippen LogP contribution in [0.1, 0.15) is 22.8 Å². The van der Waals surface area contributed by atoms with E-state index in [9.17, 15) is 9.18 Å². The third-order valence-electron chi connectivity index (χ3n) is 2.94. The van der Waals surface area contributed by atoms with Crippen LogP contribution in [0, 0.1) is 5.82 Å². The molecule has 0 radical (unpaired) electrons. The Labute approximate surface area is 127 Å². The van der Waals surface area contributed by atoms with Crippen LogP contribution in [0.15, 0.2) is 36.5 Å². The van der Waals surface area contributed by atoms with Gasteiger partial charge in [-0.1, -0.05) is 23.7 Å². The standard InChI is InChI=1S/C15H15ClFN3O/c1-9(5-10-3-2-4-12(17)6-10)20-15-13(16)7-11(8-19-15)14(18)21/h2-4,6-9H,5H2,1H3,(H2,18,21)(H,19,20). The minimum absolute atomic E-state index is 0.00349. The maximum absolute atomic E-state index is 13.1. The molecule has 2 rings (SSSR count). The van der Waals surface area contributed by atoms with E-state index in [0.717, 1.165) is 5.56 Å². The van der Waals surface area contributed by atoms with E-state index in [4.69, 9.17) is 17.3 Å². The summed E-state index contributed by atoms with van der Waals surface area (Å²) in [7, 11) is 0. The van der Waals surface area contributed by atoms with Gasteiger partial charge in [-0.05, 0) is 37.1 Å². The smallest absolute Gasteiger partial charge is 0.250 e. The summed E-state index contributed by atoms with van der Waals surface area (Å²) in [6, 6.07) is 7.88. The van der Waals surface area contributed by atoms with Gasteiger partial charge in [0, 0.05) is 12.2 Å². The summed E-state index contributed by atoms with van der Waals surface area (Å²) in [6.45, 7) is 1.94. The van der Waals surface area contributed by atoms with Crippen molar-refractivity contribution in [3.63, 3.8) is 0 Å². The number of aromatic nitrogens is 1. The number of nitrogens with two attached hydrogens (primary N) is 1. The maximum Gasteiger partial charge on any atom is 0.250 e. The Bertz CT molecular complexity index is 663. The molecule has 2 aromatic rings. The second-order valence-electron chi connectivity index (χ2n) is 4.80. The van der Waals surface area contributed by atoms with Crippen LogP contribution < -0.4 is 11.1 Å². The van der Waals surface area contributed by atoms with Crippen LogP contribution in [-0.4, -0.2) is 16.9 Å². The number of anilines is 1. The molecular formula is C15H15ClFN3O. The molecule has 0 bridgehead atoms. The van der Waals surface area contributed by atoms with Crippen molar-refractivity contribution in [3.8, 4) is 0 Å². The second kappa shape index (κ2) is 6.54. The van der Waals surface area contributed by atoms with Crippen LogP contribution in [0.4, 0.5) is 10.2 Å². The van der Waals surface area contributed by atoms with E-state index in [1.807, 2.05) is 13.0 Å². The molecule has 1 atom stereocenters. The predicted molar refractivity (Wildman–Crippen MR) is 81.0 cm³/mol. The van der Waals surface area contributed by atoms with Crippen LogP contribution >= 0.6 is 11.6 Å². The number of rotatable bonds is 5. The summed E-state index contributed by atoms with van der Waals surface area (Å²) >= 11 is 6.05. The molecule has 21 heavy (non-hydrogen) atoms. The molecule has 1 unspecified atom stereocenters. The molecule has 0 saturated heterocycles. The summed E-state index contributed by atoms with van der Waals surface area (Å²) in [5.74, 6) is -0.379. The highest BCUT2D eigenvalue weighted by Crippen LogP contribution is 2.21. The number of nitrogens with one attached hydrogen (secondary N) is 1. The third-order valence-corrected chi connectivity index (χ3v) is 3.23. The highest BCUT2D eigenvalue weighted by atomic mass is 35.5. The third kappa shape index (κ3) is 4.16. The van der Waals surface area contributed by atoms with Crippen LogP contribution in [0.5, 0.6) is 0 Å². The molecule has 6 heteroatoms. The van der Waals surface area contributed by atoms with Gasteiger partial charge in [0.2, 0.25) is 5.91 Å². The number of primary amides is 1. The monoisotopic (exact) mass is 307 g/mol. The van der Waals surface area contributed by atoms with Gasteiger partial charge in [0.25, 0.3) is 0 Å². The first-order valence-corrected chi connectivity index (χ1v) is 6.80. The van der Waals surface area contributed by atoms with Crippen molar-refractivity contribution in [3.05, 3.63) is 58.5 Å². The highest BCUT2D eigenvalue weighted by Gasteiger charge is 2.10. The molecule has 1 aromatic carbocycles. The van der Waals surface area contributed by atoms with E-state index in [0.29, 0.717) is 17.3 Å². The highest BCUT2D eigenvalue weighted by molar-refractivity contribution is 6.33. The summed E-state index contributed by atoms with van der Waals surface area (Å²) in [5.41, 5.74) is 6.28. The number of nitrogens with zero attached hydrogens (tertiary/aromatic N) is 1. The normalized spacial score (nSPS) is 12.0. The number of pyridine rings is 1. The fourth-order valence-electron chi connectivity index (χ4n) is 1.98. The largest absolute Gasteiger partial charge is 0.366 e. The van der Waals surface area contributed by atoms with Crippen molar-refractivity contribution in [2.75, 3.05) is 5.32 Å². The lowest BCUT2D eigenvalue weighted by molar-refractivity contribution is 0.1000. The van der Waals surface area contributed by atoms with Gasteiger partial charge in [0.15, 0.2) is 0 Å². The first-order chi connectivity index (χ1) is 9.95. The topological polar surface area (TPSA) is 68.0 Å². The minimum Gasteiger partial charge on any atom is -0.366 e. The van der Waals surface area contributed by atoms with Crippen molar-refractivity contribution in [1.29, 1.82) is 0 Å². The molecule has 4 nitrogen and oxygen atoms in total. The molecule has 3 N–H and O–H groups in total. The van der Waals surface area contributed by atoms with Gasteiger partial charge in [-0.3, -0.25) is 4.79 Å². The first-order valence-electron chi connectivity index (χ1n) is 6.42. The summed E-state index contributed by atoms with van der Waals surface area (Å²) in [5, 5.41) is 3.44. The molecule has 0 aliphatic carbocycles. The molecule has 0 saturated carbocycles. The first kappa shape index (κ1) is 15.3. The van der Waals surface area contributed by atoms with Crippen molar-refractivity contribution in [2.45, 2.75) is 19.4 Å². The number of carbonyl (C=O) groups excluding carboxylic acids is 1. The van der Waals surface area contributed by atoms with Crippen LogP contribution in [-0.2, 0) is 6.42 Å². The lowest BCUT2D eigenvalue weighted by Crippen LogP contribution is -2.20. The molecule has 1 aromatic heterocycles. The molecule has 0 aliphatic rings. The van der Waals surface area contributed by atoms with Gasteiger partial charge in [0.1, 0.15) is 11.6 Å². The zero-order valence-corrected chi connectivity index (χ0v) is 12.2. The molecular weight excluding hydrogens is 293 g/mol. The zero-order chi connectivity index (χ0) is 15.4. The Hall–Kier alpha value is -2.14. The van der Waals surface area contributed by atoms with Crippen LogP contribution in [0.3, 0.4) is 0 Å². The molecule has 0 spiro atoms.